The Balaban J connectivity index is 1.77. The average Bonchev–Trinajstić information content (AvgIpc) is 3.18. The van der Waals surface area contributed by atoms with Gasteiger partial charge in [-0.1, -0.05) is 12.1 Å². The Morgan fingerprint density at radius 3 is 2.64 bits per heavy atom. The van der Waals surface area contributed by atoms with Crippen molar-refractivity contribution in [2.75, 3.05) is 7.11 Å². The number of amides is 1. The Bertz CT molecular complexity index is 588. The number of allylic oxidation sites excluding steroid dienone is 1. The fourth-order valence-corrected chi connectivity index (χ4v) is 3.40. The molecule has 1 saturated carbocycles. The third kappa shape index (κ3) is 3.11. The van der Waals surface area contributed by atoms with Gasteiger partial charge in [0.1, 0.15) is 0 Å². The maximum atomic E-state index is 11.3. The topological polar surface area (TPSA) is 61.5 Å². The molecule has 0 aromatic heterocycles. The van der Waals surface area contributed by atoms with E-state index in [2.05, 4.69) is 12.1 Å². The minimum Gasteiger partial charge on any atom is -0.493 e. The van der Waals surface area contributed by atoms with Crippen LogP contribution in [0.5, 0.6) is 11.5 Å². The Labute approximate surface area is 131 Å². The summed E-state index contributed by atoms with van der Waals surface area (Å²) in [7, 11) is 1.67. The maximum absolute atomic E-state index is 11.3. The molecular weight excluding hydrogens is 278 g/mol. The molecule has 118 valence electrons. The lowest BCUT2D eigenvalue weighted by atomic mass is 9.95. The van der Waals surface area contributed by atoms with Crippen LogP contribution in [0.2, 0.25) is 0 Å². The predicted octanol–water partition coefficient (Wildman–Crippen LogP) is 3.31. The predicted molar refractivity (Wildman–Crippen MR) is 85.1 cm³/mol. The molecule has 1 amide bonds. The lowest BCUT2D eigenvalue weighted by Gasteiger charge is -2.18. The van der Waals surface area contributed by atoms with Gasteiger partial charge < -0.3 is 15.2 Å². The van der Waals surface area contributed by atoms with Crippen LogP contribution in [0.3, 0.4) is 0 Å². The molecule has 2 aliphatic carbocycles. The van der Waals surface area contributed by atoms with E-state index in [9.17, 15) is 4.79 Å². The quantitative estimate of drug-likeness (QED) is 0.907. The monoisotopic (exact) mass is 301 g/mol. The summed E-state index contributed by atoms with van der Waals surface area (Å²) in [5.74, 6) is 1.59. The normalized spacial score (nSPS) is 21.7. The number of rotatable bonds is 5. The molecule has 2 N–H and O–H groups in total. The van der Waals surface area contributed by atoms with Gasteiger partial charge in [-0.3, -0.25) is 4.79 Å². The summed E-state index contributed by atoms with van der Waals surface area (Å²) in [4.78, 5) is 11.3. The molecule has 3 rings (SSSR count). The van der Waals surface area contributed by atoms with Gasteiger partial charge in [0.15, 0.2) is 11.5 Å². The van der Waals surface area contributed by atoms with Crippen LogP contribution in [0.25, 0.3) is 0 Å². The molecule has 0 bridgehead atoms. The van der Waals surface area contributed by atoms with Gasteiger partial charge in [0.25, 0.3) is 0 Å². The number of primary amides is 1. The molecular formula is C18H23NO3. The van der Waals surface area contributed by atoms with Crippen molar-refractivity contribution in [2.24, 2.45) is 5.73 Å². The van der Waals surface area contributed by atoms with Crippen LogP contribution < -0.4 is 15.2 Å². The van der Waals surface area contributed by atoms with E-state index < -0.39 is 0 Å². The molecule has 4 nitrogen and oxygen atoms in total. The van der Waals surface area contributed by atoms with E-state index >= 15 is 0 Å². The number of hydrogen-bond donors (Lipinski definition) is 1. The van der Waals surface area contributed by atoms with Gasteiger partial charge in [-0.2, -0.15) is 0 Å². The zero-order valence-electron chi connectivity index (χ0n) is 13.0. The summed E-state index contributed by atoms with van der Waals surface area (Å²) < 4.78 is 11.6. The van der Waals surface area contributed by atoms with Gasteiger partial charge in [-0.15, -0.1) is 0 Å². The highest BCUT2D eigenvalue weighted by atomic mass is 16.5. The van der Waals surface area contributed by atoms with Crippen molar-refractivity contribution in [3.05, 3.63) is 35.4 Å². The molecule has 1 aromatic carbocycles. The molecule has 2 aliphatic rings. The first-order valence-corrected chi connectivity index (χ1v) is 8.01. The van der Waals surface area contributed by atoms with Crippen LogP contribution in [-0.4, -0.2) is 19.1 Å². The largest absolute Gasteiger partial charge is 0.493 e. The summed E-state index contributed by atoms with van der Waals surface area (Å²) >= 11 is 0. The zero-order chi connectivity index (χ0) is 15.5. The summed E-state index contributed by atoms with van der Waals surface area (Å²) in [5, 5.41) is 0. The van der Waals surface area contributed by atoms with Crippen molar-refractivity contribution in [3.63, 3.8) is 0 Å². The van der Waals surface area contributed by atoms with E-state index in [4.69, 9.17) is 15.2 Å². The van der Waals surface area contributed by atoms with Crippen LogP contribution in [0.15, 0.2) is 29.8 Å². The highest BCUT2D eigenvalue weighted by Crippen LogP contribution is 2.39. The van der Waals surface area contributed by atoms with Crippen molar-refractivity contribution >= 4 is 5.91 Å². The average molecular weight is 301 g/mol. The molecule has 0 spiro atoms. The number of ether oxygens (including phenoxy) is 2. The Morgan fingerprint density at radius 1 is 1.23 bits per heavy atom. The van der Waals surface area contributed by atoms with Crippen LogP contribution in [0.1, 0.15) is 50.0 Å². The molecule has 1 unspecified atom stereocenters. The van der Waals surface area contributed by atoms with Crippen LogP contribution in [0, 0.1) is 0 Å². The second kappa shape index (κ2) is 6.42. The SMILES string of the molecule is COc1ccc(C2CC=C(C(N)=O)C2)cc1OC1CCCC1. The van der Waals surface area contributed by atoms with Crippen molar-refractivity contribution in [1.82, 2.24) is 0 Å². The van der Waals surface area contributed by atoms with E-state index in [1.54, 1.807) is 7.11 Å². The fourth-order valence-electron chi connectivity index (χ4n) is 3.40. The van der Waals surface area contributed by atoms with Gasteiger partial charge in [-0.25, -0.2) is 0 Å². The molecule has 4 heteroatoms. The highest BCUT2D eigenvalue weighted by Gasteiger charge is 2.24. The van der Waals surface area contributed by atoms with Crippen molar-refractivity contribution < 1.29 is 14.3 Å². The summed E-state index contributed by atoms with van der Waals surface area (Å²) in [6, 6.07) is 6.09. The smallest absolute Gasteiger partial charge is 0.244 e. The first-order chi connectivity index (χ1) is 10.7. The molecule has 22 heavy (non-hydrogen) atoms. The second-order valence-electron chi connectivity index (χ2n) is 6.16. The van der Waals surface area contributed by atoms with Gasteiger partial charge in [-0.05, 0) is 62.1 Å². The summed E-state index contributed by atoms with van der Waals surface area (Å²) in [6.45, 7) is 0. The number of methoxy groups -OCH3 is 1. The van der Waals surface area contributed by atoms with E-state index in [0.29, 0.717) is 18.4 Å². The van der Waals surface area contributed by atoms with Crippen molar-refractivity contribution in [3.8, 4) is 11.5 Å². The molecule has 0 saturated heterocycles. The molecule has 1 fully saturated rings. The maximum Gasteiger partial charge on any atom is 0.244 e. The minimum atomic E-state index is -0.307. The standard InChI is InChI=1S/C18H23NO3/c1-21-16-9-8-13(12-6-7-14(10-12)18(19)20)11-17(16)22-15-4-2-3-5-15/h7-9,11-12,15H,2-6,10H2,1H3,(H2,19,20). The molecule has 0 aliphatic heterocycles. The lowest BCUT2D eigenvalue weighted by Crippen LogP contribution is -2.13. The number of nitrogens with two attached hydrogens (primary N) is 1. The number of hydrogen-bond acceptors (Lipinski definition) is 3. The Morgan fingerprint density at radius 2 is 2.00 bits per heavy atom. The number of carbonyl (C=O) groups excluding carboxylic acids is 1. The minimum absolute atomic E-state index is 0.298. The third-order valence-electron chi connectivity index (χ3n) is 4.69. The van der Waals surface area contributed by atoms with Crippen LogP contribution in [-0.2, 0) is 4.79 Å². The molecule has 1 atom stereocenters. The van der Waals surface area contributed by atoms with Crippen LogP contribution in [0.4, 0.5) is 0 Å². The Hall–Kier alpha value is -1.97. The van der Waals surface area contributed by atoms with Gasteiger partial charge in [0.05, 0.1) is 13.2 Å². The summed E-state index contributed by atoms with van der Waals surface area (Å²) in [5.41, 5.74) is 7.29. The zero-order valence-corrected chi connectivity index (χ0v) is 13.0. The van der Waals surface area contributed by atoms with E-state index in [-0.39, 0.29) is 5.91 Å². The van der Waals surface area contributed by atoms with E-state index in [0.717, 1.165) is 36.3 Å². The van der Waals surface area contributed by atoms with E-state index in [1.807, 2.05) is 12.1 Å². The third-order valence-corrected chi connectivity index (χ3v) is 4.69. The van der Waals surface area contributed by atoms with Crippen molar-refractivity contribution in [2.45, 2.75) is 50.5 Å². The van der Waals surface area contributed by atoms with Gasteiger partial charge in [0.2, 0.25) is 5.91 Å². The second-order valence-corrected chi connectivity index (χ2v) is 6.16. The van der Waals surface area contributed by atoms with Crippen molar-refractivity contribution in [1.29, 1.82) is 0 Å². The number of benzene rings is 1. The van der Waals surface area contributed by atoms with E-state index in [1.165, 1.54) is 18.4 Å². The number of carbonyl (C=O) groups is 1. The highest BCUT2D eigenvalue weighted by molar-refractivity contribution is 5.92. The first-order valence-electron chi connectivity index (χ1n) is 8.01. The Kier molecular flexibility index (Phi) is 4.36. The molecule has 0 heterocycles. The lowest BCUT2D eigenvalue weighted by molar-refractivity contribution is -0.114. The van der Waals surface area contributed by atoms with Gasteiger partial charge in [0, 0.05) is 5.57 Å². The van der Waals surface area contributed by atoms with Gasteiger partial charge >= 0.3 is 0 Å². The fraction of sp³-hybridized carbons (Fsp3) is 0.500. The summed E-state index contributed by atoms with van der Waals surface area (Å²) in [6.07, 6.45) is 8.52. The first kappa shape index (κ1) is 14.9. The van der Waals surface area contributed by atoms with Crippen LogP contribution >= 0.6 is 0 Å². The molecule has 1 aromatic rings. The molecule has 0 radical (unpaired) electrons.